The number of ether oxygens (including phenoxy) is 1. The second-order valence-corrected chi connectivity index (χ2v) is 7.23. The highest BCUT2D eigenvalue weighted by Crippen LogP contribution is 2.49. The number of carbonyl (C=O) groups is 1. The standard InChI is InChI=1S/C15H25BNO7P/c1-12(2)7-8-22-25(19,23-10-9-21-16)24-14-5-3-13(4-6-14)11-20-15(17)18/h3-6,12H,7-11,16H2,1-2H3,(H2,17,18). The van der Waals surface area contributed by atoms with E-state index in [0.717, 1.165) is 6.42 Å². The molecule has 25 heavy (non-hydrogen) atoms. The van der Waals surface area contributed by atoms with Crippen LogP contribution in [0.15, 0.2) is 24.3 Å². The first kappa shape index (κ1) is 21.5. The predicted octanol–water partition coefficient (Wildman–Crippen LogP) is 2.41. The molecule has 0 aliphatic rings. The molecule has 1 amide bonds. The van der Waals surface area contributed by atoms with Gasteiger partial charge in [-0.25, -0.2) is 9.36 Å². The lowest BCUT2D eigenvalue weighted by atomic mass is 10.2. The number of carbonyl (C=O) groups excluding carboxylic acids is 1. The fraction of sp³-hybridized carbons (Fsp3) is 0.533. The van der Waals surface area contributed by atoms with E-state index < -0.39 is 13.9 Å². The van der Waals surface area contributed by atoms with Gasteiger partial charge in [0.2, 0.25) is 0 Å². The van der Waals surface area contributed by atoms with E-state index in [4.69, 9.17) is 24.0 Å². The number of hydrogen-bond acceptors (Lipinski definition) is 7. The Morgan fingerprint density at radius 2 is 1.80 bits per heavy atom. The first-order valence-electron chi connectivity index (χ1n) is 7.93. The molecule has 0 spiro atoms. The van der Waals surface area contributed by atoms with E-state index in [2.05, 4.69) is 4.74 Å². The van der Waals surface area contributed by atoms with Crippen LogP contribution in [0.25, 0.3) is 0 Å². The zero-order valence-electron chi connectivity index (χ0n) is 14.8. The van der Waals surface area contributed by atoms with E-state index in [1.165, 1.54) is 8.05 Å². The Hall–Kier alpha value is -1.54. The van der Waals surface area contributed by atoms with Crippen molar-refractivity contribution in [3.63, 3.8) is 0 Å². The number of phosphoric acid groups is 1. The van der Waals surface area contributed by atoms with Crippen molar-refractivity contribution < 1.29 is 32.3 Å². The maximum absolute atomic E-state index is 12.7. The van der Waals surface area contributed by atoms with Gasteiger partial charge in [-0.2, -0.15) is 0 Å². The van der Waals surface area contributed by atoms with Gasteiger partial charge in [0, 0.05) is 0 Å². The van der Waals surface area contributed by atoms with Crippen LogP contribution >= 0.6 is 7.82 Å². The van der Waals surface area contributed by atoms with Crippen LogP contribution in [0.5, 0.6) is 5.75 Å². The SMILES string of the molecule is BOCCOP(=O)(OCCC(C)C)Oc1ccc(COC(N)=O)cc1. The summed E-state index contributed by atoms with van der Waals surface area (Å²) in [6, 6.07) is 6.48. The minimum Gasteiger partial charge on any atom is -0.445 e. The quantitative estimate of drug-likeness (QED) is 0.341. The van der Waals surface area contributed by atoms with Crippen LogP contribution in [0, 0.1) is 5.92 Å². The molecule has 140 valence electrons. The Morgan fingerprint density at radius 1 is 1.16 bits per heavy atom. The zero-order chi connectivity index (χ0) is 18.7. The van der Waals surface area contributed by atoms with Crippen molar-refractivity contribution >= 4 is 22.0 Å². The highest BCUT2D eigenvalue weighted by molar-refractivity contribution is 7.48. The lowest BCUT2D eigenvalue weighted by Crippen LogP contribution is -2.12. The van der Waals surface area contributed by atoms with Crippen molar-refractivity contribution in [2.75, 3.05) is 19.8 Å². The van der Waals surface area contributed by atoms with E-state index in [9.17, 15) is 9.36 Å². The predicted molar refractivity (Wildman–Crippen MR) is 94.9 cm³/mol. The van der Waals surface area contributed by atoms with Gasteiger partial charge in [-0.05, 0) is 30.0 Å². The third-order valence-electron chi connectivity index (χ3n) is 3.00. The fourth-order valence-electron chi connectivity index (χ4n) is 1.65. The summed E-state index contributed by atoms with van der Waals surface area (Å²) in [5, 5.41) is 0. The van der Waals surface area contributed by atoms with Crippen molar-refractivity contribution in [3.8, 4) is 5.75 Å². The third-order valence-corrected chi connectivity index (χ3v) is 4.44. The van der Waals surface area contributed by atoms with Crippen LogP contribution < -0.4 is 10.3 Å². The molecule has 8 nitrogen and oxygen atoms in total. The first-order chi connectivity index (χ1) is 11.8. The largest absolute Gasteiger partial charge is 0.530 e. The second-order valence-electron chi connectivity index (χ2n) is 5.63. The number of benzene rings is 1. The van der Waals surface area contributed by atoms with Crippen LogP contribution in [-0.4, -0.2) is 34.0 Å². The highest BCUT2D eigenvalue weighted by atomic mass is 31.2. The first-order valence-corrected chi connectivity index (χ1v) is 9.39. The van der Waals surface area contributed by atoms with Gasteiger partial charge in [0.05, 0.1) is 19.8 Å². The normalized spacial score (nSPS) is 13.4. The molecule has 1 rings (SSSR count). The maximum Gasteiger partial charge on any atom is 0.530 e. The van der Waals surface area contributed by atoms with Gasteiger partial charge < -0.3 is 19.6 Å². The molecule has 0 saturated heterocycles. The molecular weight excluding hydrogens is 348 g/mol. The Kier molecular flexibility index (Phi) is 9.59. The summed E-state index contributed by atoms with van der Waals surface area (Å²) >= 11 is 0. The Labute approximate surface area is 149 Å². The van der Waals surface area contributed by atoms with E-state index >= 15 is 0 Å². The summed E-state index contributed by atoms with van der Waals surface area (Å²) in [6.45, 7) is 4.72. The van der Waals surface area contributed by atoms with Crippen LogP contribution in [-0.2, 0) is 29.6 Å². The highest BCUT2D eigenvalue weighted by Gasteiger charge is 2.28. The van der Waals surface area contributed by atoms with Crippen molar-refractivity contribution in [1.29, 1.82) is 0 Å². The van der Waals surface area contributed by atoms with Crippen LogP contribution in [0.1, 0.15) is 25.8 Å². The van der Waals surface area contributed by atoms with E-state index in [0.29, 0.717) is 17.2 Å². The second kappa shape index (κ2) is 11.2. The fourth-order valence-corrected chi connectivity index (χ4v) is 2.84. The molecular formula is C15H25BNO7P. The molecule has 1 aromatic carbocycles. The summed E-state index contributed by atoms with van der Waals surface area (Å²) in [7, 11) is -2.24. The van der Waals surface area contributed by atoms with E-state index in [1.54, 1.807) is 24.3 Å². The molecule has 0 radical (unpaired) electrons. The summed E-state index contributed by atoms with van der Waals surface area (Å²) in [4.78, 5) is 10.6. The van der Waals surface area contributed by atoms with Gasteiger partial charge in [0.15, 0.2) is 0 Å². The van der Waals surface area contributed by atoms with Crippen LogP contribution in [0.3, 0.4) is 0 Å². The zero-order valence-corrected chi connectivity index (χ0v) is 15.7. The Bertz CT molecular complexity index is 568. The van der Waals surface area contributed by atoms with Crippen molar-refractivity contribution in [1.82, 2.24) is 0 Å². The molecule has 1 aromatic rings. The lowest BCUT2D eigenvalue weighted by Gasteiger charge is -2.19. The van der Waals surface area contributed by atoms with Gasteiger partial charge in [-0.1, -0.05) is 26.0 Å². The summed E-state index contributed by atoms with van der Waals surface area (Å²) < 4.78 is 38.4. The molecule has 0 fully saturated rings. The molecule has 0 aromatic heterocycles. The topological polar surface area (TPSA) is 106 Å². The molecule has 0 aliphatic heterocycles. The van der Waals surface area contributed by atoms with Crippen LogP contribution in [0.2, 0.25) is 0 Å². The van der Waals surface area contributed by atoms with Crippen LogP contribution in [0.4, 0.5) is 4.79 Å². The minimum absolute atomic E-state index is 0.0441. The number of amides is 1. The number of hydrogen-bond donors (Lipinski definition) is 1. The molecule has 0 heterocycles. The molecule has 1 atom stereocenters. The van der Waals surface area contributed by atoms with Gasteiger partial charge in [0.1, 0.15) is 12.4 Å². The van der Waals surface area contributed by atoms with Gasteiger partial charge >= 0.3 is 13.9 Å². The molecule has 10 heteroatoms. The van der Waals surface area contributed by atoms with E-state index in [1.807, 2.05) is 13.8 Å². The number of rotatable bonds is 12. The average Bonchev–Trinajstić information content (AvgIpc) is 2.54. The summed E-state index contributed by atoms with van der Waals surface area (Å²) in [5.74, 6) is 0.713. The molecule has 0 aliphatic carbocycles. The summed E-state index contributed by atoms with van der Waals surface area (Å²) in [5.41, 5.74) is 5.62. The molecule has 0 bridgehead atoms. The molecule has 2 N–H and O–H groups in total. The number of nitrogens with two attached hydrogens (primary N) is 1. The lowest BCUT2D eigenvalue weighted by molar-refractivity contribution is 0.132. The average molecular weight is 373 g/mol. The van der Waals surface area contributed by atoms with Crippen molar-refractivity contribution in [3.05, 3.63) is 29.8 Å². The van der Waals surface area contributed by atoms with Crippen molar-refractivity contribution in [2.24, 2.45) is 11.7 Å². The maximum atomic E-state index is 12.7. The number of primary amides is 1. The molecule has 0 saturated carbocycles. The third kappa shape index (κ3) is 9.50. The Morgan fingerprint density at radius 3 is 2.36 bits per heavy atom. The Balaban J connectivity index is 2.68. The van der Waals surface area contributed by atoms with Gasteiger partial charge in [-0.15, -0.1) is 0 Å². The van der Waals surface area contributed by atoms with Gasteiger partial charge in [-0.3, -0.25) is 9.05 Å². The van der Waals surface area contributed by atoms with Crippen molar-refractivity contribution in [2.45, 2.75) is 26.9 Å². The van der Waals surface area contributed by atoms with Gasteiger partial charge in [0.25, 0.3) is 8.05 Å². The summed E-state index contributed by atoms with van der Waals surface area (Å²) in [6.07, 6.45) is -0.125. The monoisotopic (exact) mass is 373 g/mol. The smallest absolute Gasteiger partial charge is 0.445 e. The minimum atomic E-state index is -3.76. The van der Waals surface area contributed by atoms with E-state index in [-0.39, 0.29) is 26.4 Å². The number of phosphoric ester groups is 1. The molecule has 1 unspecified atom stereocenters.